The second kappa shape index (κ2) is 8.34. The molecule has 0 N–H and O–H groups in total. The maximum absolute atomic E-state index is 11.6. The van der Waals surface area contributed by atoms with Crippen LogP contribution in [0.25, 0.3) is 0 Å². The maximum atomic E-state index is 11.6. The van der Waals surface area contributed by atoms with Gasteiger partial charge in [0, 0.05) is 0 Å². The van der Waals surface area contributed by atoms with Gasteiger partial charge in [-0.3, -0.25) is 0 Å². The third-order valence-electron chi connectivity index (χ3n) is 1.36. The number of ether oxygens (including phenoxy) is 2. The second-order valence-corrected chi connectivity index (χ2v) is 8.39. The third kappa shape index (κ3) is 12.0. The zero-order valence-electron chi connectivity index (χ0n) is 9.35. The highest BCUT2D eigenvalue weighted by Gasteiger charge is 2.12. The zero-order valence-corrected chi connectivity index (χ0v) is 10.3. The van der Waals surface area contributed by atoms with Crippen molar-refractivity contribution in [3.8, 4) is 0 Å². The Morgan fingerprint density at radius 3 is 1.86 bits per heavy atom. The number of rotatable bonds is 9. The molecular formula is C9H21FO3Si. The van der Waals surface area contributed by atoms with Gasteiger partial charge >= 0.3 is 0 Å². The molecule has 0 aromatic rings. The molecule has 0 aliphatic heterocycles. The number of alkyl halides is 1. The quantitative estimate of drug-likeness (QED) is 0.442. The average Bonchev–Trinajstić information content (AvgIpc) is 2.08. The summed E-state index contributed by atoms with van der Waals surface area (Å²) in [7, 11) is -1.40. The van der Waals surface area contributed by atoms with Gasteiger partial charge < -0.3 is 13.9 Å². The minimum Gasteiger partial charge on any atom is -0.415 e. The number of hydrogen-bond donors (Lipinski definition) is 0. The summed E-state index contributed by atoms with van der Waals surface area (Å²) in [6.07, 6.45) is 0. The van der Waals surface area contributed by atoms with Gasteiger partial charge in [-0.2, -0.15) is 0 Å². The Morgan fingerprint density at radius 2 is 1.36 bits per heavy atom. The molecule has 0 spiro atoms. The number of hydrogen-bond acceptors (Lipinski definition) is 3. The van der Waals surface area contributed by atoms with E-state index in [1.807, 2.05) is 0 Å². The van der Waals surface area contributed by atoms with E-state index in [4.69, 9.17) is 13.9 Å². The molecule has 0 amide bonds. The molecule has 0 radical (unpaired) electrons. The highest BCUT2D eigenvalue weighted by Crippen LogP contribution is 2.01. The Hall–Kier alpha value is 0.0269. The Bertz CT molecular complexity index is 128. The summed E-state index contributed by atoms with van der Waals surface area (Å²) in [5, 5.41) is 0. The molecule has 0 rings (SSSR count). The SMILES string of the molecule is C[Si](C)(C)OCCOCCOCCF. The van der Waals surface area contributed by atoms with E-state index in [9.17, 15) is 4.39 Å². The predicted octanol–water partition coefficient (Wildman–Crippen LogP) is 1.84. The van der Waals surface area contributed by atoms with Gasteiger partial charge in [-0.25, -0.2) is 4.39 Å². The topological polar surface area (TPSA) is 27.7 Å². The molecule has 0 aliphatic carbocycles. The molecule has 0 saturated heterocycles. The maximum Gasteiger partial charge on any atom is 0.183 e. The van der Waals surface area contributed by atoms with Crippen LogP contribution >= 0.6 is 0 Å². The van der Waals surface area contributed by atoms with Crippen molar-refractivity contribution < 1.29 is 18.3 Å². The first-order valence-corrected chi connectivity index (χ1v) is 8.32. The van der Waals surface area contributed by atoms with E-state index in [0.717, 1.165) is 0 Å². The lowest BCUT2D eigenvalue weighted by molar-refractivity contribution is 0.0317. The van der Waals surface area contributed by atoms with Gasteiger partial charge in [0.15, 0.2) is 8.32 Å². The Balaban J connectivity index is 2.99. The predicted molar refractivity (Wildman–Crippen MR) is 56.9 cm³/mol. The van der Waals surface area contributed by atoms with Gasteiger partial charge in [-0.05, 0) is 19.6 Å². The molecule has 0 fully saturated rings. The fourth-order valence-corrected chi connectivity index (χ4v) is 1.48. The van der Waals surface area contributed by atoms with Crippen molar-refractivity contribution in [3.05, 3.63) is 0 Å². The molecule has 0 heterocycles. The third-order valence-corrected chi connectivity index (χ3v) is 2.43. The van der Waals surface area contributed by atoms with E-state index in [-0.39, 0.29) is 6.61 Å². The summed E-state index contributed by atoms with van der Waals surface area (Å²) < 4.78 is 27.3. The van der Waals surface area contributed by atoms with Crippen LogP contribution in [0.1, 0.15) is 0 Å². The van der Waals surface area contributed by atoms with Crippen molar-refractivity contribution >= 4 is 8.32 Å². The molecule has 0 saturated carbocycles. The van der Waals surface area contributed by atoms with Crippen LogP contribution in [0.3, 0.4) is 0 Å². The molecule has 5 heteroatoms. The molecule has 0 bridgehead atoms. The van der Waals surface area contributed by atoms with E-state index >= 15 is 0 Å². The molecule has 0 unspecified atom stereocenters. The summed E-state index contributed by atoms with van der Waals surface area (Å²) in [6, 6.07) is 0. The monoisotopic (exact) mass is 224 g/mol. The average molecular weight is 224 g/mol. The normalized spacial score (nSPS) is 12.0. The fraction of sp³-hybridized carbons (Fsp3) is 1.00. The lowest BCUT2D eigenvalue weighted by atomic mass is 10.7. The molecule has 0 aliphatic rings. The van der Waals surface area contributed by atoms with Crippen molar-refractivity contribution in [2.75, 3.05) is 39.7 Å². The van der Waals surface area contributed by atoms with Crippen LogP contribution < -0.4 is 0 Å². The summed E-state index contributed by atoms with van der Waals surface area (Å²) in [5.74, 6) is 0. The van der Waals surface area contributed by atoms with Gasteiger partial charge in [-0.1, -0.05) is 0 Å². The van der Waals surface area contributed by atoms with E-state index in [0.29, 0.717) is 26.4 Å². The van der Waals surface area contributed by atoms with Gasteiger partial charge in [-0.15, -0.1) is 0 Å². The van der Waals surface area contributed by atoms with Crippen LogP contribution in [0, 0.1) is 0 Å². The van der Waals surface area contributed by atoms with Gasteiger partial charge in [0.25, 0.3) is 0 Å². The van der Waals surface area contributed by atoms with Crippen molar-refractivity contribution in [2.45, 2.75) is 19.6 Å². The van der Waals surface area contributed by atoms with Gasteiger partial charge in [0.05, 0.1) is 33.0 Å². The van der Waals surface area contributed by atoms with Crippen molar-refractivity contribution in [1.82, 2.24) is 0 Å². The summed E-state index contributed by atoms with van der Waals surface area (Å²) in [6.45, 7) is 8.33. The highest BCUT2D eigenvalue weighted by atomic mass is 28.4. The van der Waals surface area contributed by atoms with Crippen LogP contribution in [-0.2, 0) is 13.9 Å². The Labute approximate surface area is 86.7 Å². The molecule has 14 heavy (non-hydrogen) atoms. The summed E-state index contributed by atoms with van der Waals surface area (Å²) in [4.78, 5) is 0. The smallest absolute Gasteiger partial charge is 0.183 e. The number of halogens is 1. The van der Waals surface area contributed by atoms with E-state index in [2.05, 4.69) is 19.6 Å². The minimum absolute atomic E-state index is 0.161. The van der Waals surface area contributed by atoms with Crippen molar-refractivity contribution in [2.24, 2.45) is 0 Å². The molecule has 3 nitrogen and oxygen atoms in total. The van der Waals surface area contributed by atoms with Crippen LogP contribution in [0.5, 0.6) is 0 Å². The molecule has 86 valence electrons. The minimum atomic E-state index is -1.40. The van der Waals surface area contributed by atoms with Crippen LogP contribution in [0.2, 0.25) is 19.6 Å². The van der Waals surface area contributed by atoms with E-state index in [1.54, 1.807) is 0 Å². The van der Waals surface area contributed by atoms with Gasteiger partial charge in [0.1, 0.15) is 6.67 Å². The zero-order chi connectivity index (χ0) is 10.9. The Kier molecular flexibility index (Phi) is 8.36. The second-order valence-electron chi connectivity index (χ2n) is 3.87. The molecule has 0 aromatic heterocycles. The first-order valence-electron chi connectivity index (χ1n) is 4.91. The lowest BCUT2D eigenvalue weighted by Gasteiger charge is -2.16. The van der Waals surface area contributed by atoms with E-state index in [1.165, 1.54) is 0 Å². The van der Waals surface area contributed by atoms with Crippen LogP contribution in [-0.4, -0.2) is 48.0 Å². The first kappa shape index (κ1) is 14.0. The fourth-order valence-electron chi connectivity index (χ4n) is 0.783. The first-order chi connectivity index (χ1) is 6.56. The molecular weight excluding hydrogens is 203 g/mol. The van der Waals surface area contributed by atoms with Crippen LogP contribution in [0.15, 0.2) is 0 Å². The Morgan fingerprint density at radius 1 is 0.857 bits per heavy atom. The van der Waals surface area contributed by atoms with Crippen molar-refractivity contribution in [3.63, 3.8) is 0 Å². The standard InChI is InChI=1S/C9H21FO3Si/c1-14(2,3)13-9-8-12-7-6-11-5-4-10/h4-9H2,1-3H3. The highest BCUT2D eigenvalue weighted by molar-refractivity contribution is 6.69. The lowest BCUT2D eigenvalue weighted by Crippen LogP contribution is -2.27. The largest absolute Gasteiger partial charge is 0.415 e. The summed E-state index contributed by atoms with van der Waals surface area (Å²) >= 11 is 0. The van der Waals surface area contributed by atoms with E-state index < -0.39 is 15.0 Å². The van der Waals surface area contributed by atoms with Gasteiger partial charge in [0.2, 0.25) is 0 Å². The van der Waals surface area contributed by atoms with Crippen molar-refractivity contribution in [1.29, 1.82) is 0 Å². The van der Waals surface area contributed by atoms with Crippen LogP contribution in [0.4, 0.5) is 4.39 Å². The molecule has 0 aromatic carbocycles. The molecule has 0 atom stereocenters. The summed E-state index contributed by atoms with van der Waals surface area (Å²) in [5.41, 5.74) is 0.